The second kappa shape index (κ2) is 50.3. The molecule has 6 heteroatoms. The predicted molar refractivity (Wildman–Crippen MR) is 273 cm³/mol. The smallest absolute Gasteiger partial charge is 0.306 e. The molecule has 3 atom stereocenters. The van der Waals surface area contributed by atoms with E-state index in [0.29, 0.717) is 19.3 Å². The number of aliphatic hydroxyl groups is 2. The van der Waals surface area contributed by atoms with E-state index in [-0.39, 0.29) is 24.9 Å². The molecule has 0 aromatic rings. The first-order valence-electron chi connectivity index (χ1n) is 26.7. The fourth-order valence-corrected chi connectivity index (χ4v) is 7.70. The maximum atomic E-state index is 13.2. The number of nitrogens with one attached hydrogen (secondary N) is 1. The monoisotopic (exact) mass is 880 g/mol. The largest absolute Gasteiger partial charge is 0.462 e. The Balaban J connectivity index is 4.65. The van der Waals surface area contributed by atoms with Gasteiger partial charge in [0.05, 0.1) is 25.2 Å². The van der Waals surface area contributed by atoms with Gasteiger partial charge in [0, 0.05) is 6.42 Å². The van der Waals surface area contributed by atoms with Crippen LogP contribution < -0.4 is 5.32 Å². The summed E-state index contributed by atoms with van der Waals surface area (Å²) < 4.78 is 5.92. The van der Waals surface area contributed by atoms with Crippen LogP contribution in [-0.2, 0) is 14.3 Å². The van der Waals surface area contributed by atoms with Crippen LogP contribution in [0.4, 0.5) is 0 Å². The Morgan fingerprint density at radius 3 is 1.35 bits per heavy atom. The lowest BCUT2D eigenvalue weighted by Crippen LogP contribution is -2.46. The fraction of sp³-hybridized carbons (Fsp3) is 0.754. The molecule has 0 fully saturated rings. The molecule has 0 saturated carbocycles. The van der Waals surface area contributed by atoms with Crippen molar-refractivity contribution < 1.29 is 24.5 Å². The molecule has 0 aromatic carbocycles. The molecule has 364 valence electrons. The van der Waals surface area contributed by atoms with Crippen LogP contribution >= 0.6 is 0 Å². The first-order chi connectivity index (χ1) is 31.0. The number of aliphatic hydroxyl groups excluding tert-OH is 2. The van der Waals surface area contributed by atoms with Crippen molar-refractivity contribution in [2.75, 3.05) is 6.61 Å². The van der Waals surface area contributed by atoms with E-state index in [1.165, 1.54) is 103 Å². The summed E-state index contributed by atoms with van der Waals surface area (Å²) in [7, 11) is 0. The van der Waals surface area contributed by atoms with Crippen LogP contribution in [0.3, 0.4) is 0 Å². The molecule has 0 radical (unpaired) electrons. The number of esters is 1. The number of carbonyl (C=O) groups is 2. The quantitative estimate of drug-likeness (QED) is 0.0245. The molecule has 0 bridgehead atoms. The molecule has 0 rings (SSSR count). The molecule has 3 unspecified atom stereocenters. The topological polar surface area (TPSA) is 95.9 Å². The molecule has 0 spiro atoms. The molecular formula is C57H101NO5. The van der Waals surface area contributed by atoms with Gasteiger partial charge >= 0.3 is 5.97 Å². The highest BCUT2D eigenvalue weighted by Crippen LogP contribution is 2.17. The Hall–Kier alpha value is -2.70. The van der Waals surface area contributed by atoms with E-state index in [9.17, 15) is 19.8 Å². The zero-order valence-corrected chi connectivity index (χ0v) is 41.4. The van der Waals surface area contributed by atoms with Gasteiger partial charge in [-0.2, -0.15) is 0 Å². The maximum Gasteiger partial charge on any atom is 0.306 e. The van der Waals surface area contributed by atoms with E-state index >= 15 is 0 Å². The maximum absolute atomic E-state index is 13.2. The number of hydrogen-bond donors (Lipinski definition) is 3. The molecule has 0 heterocycles. The third-order valence-corrected chi connectivity index (χ3v) is 11.8. The third-order valence-electron chi connectivity index (χ3n) is 11.8. The van der Waals surface area contributed by atoms with Gasteiger partial charge in [-0.15, -0.1) is 0 Å². The summed E-state index contributed by atoms with van der Waals surface area (Å²) in [6, 6.07) is -0.717. The lowest BCUT2D eigenvalue weighted by atomic mass is 10.0. The third kappa shape index (κ3) is 45.7. The van der Waals surface area contributed by atoms with E-state index in [4.69, 9.17) is 4.74 Å². The second-order valence-electron chi connectivity index (χ2n) is 17.9. The number of amides is 1. The Morgan fingerprint density at radius 1 is 0.476 bits per heavy atom. The van der Waals surface area contributed by atoms with Crippen molar-refractivity contribution in [3.05, 3.63) is 72.9 Å². The van der Waals surface area contributed by atoms with Crippen molar-refractivity contribution in [2.24, 2.45) is 0 Å². The fourth-order valence-electron chi connectivity index (χ4n) is 7.70. The van der Waals surface area contributed by atoms with Crippen LogP contribution in [0.1, 0.15) is 252 Å². The number of ether oxygens (including phenoxy) is 1. The van der Waals surface area contributed by atoms with Crippen molar-refractivity contribution in [3.63, 3.8) is 0 Å². The summed E-state index contributed by atoms with van der Waals surface area (Å²) >= 11 is 0. The number of allylic oxidation sites excluding steroid dienone is 12. The second-order valence-corrected chi connectivity index (χ2v) is 17.9. The Morgan fingerprint density at radius 2 is 0.857 bits per heavy atom. The van der Waals surface area contributed by atoms with Crippen LogP contribution in [0, 0.1) is 0 Å². The lowest BCUT2D eigenvalue weighted by Gasteiger charge is -2.24. The molecule has 1 amide bonds. The SMILES string of the molecule is CCCCC/C=C\C/C=C\C/C=C\C/C=C\CCCCCC(=O)OC(CCCCCC/C=C/C=C/CCCCC)CC(=O)NC(CO)C(O)CCCCCCCCCCCCCC. The number of carbonyl (C=O) groups excluding carboxylic acids is 2. The minimum atomic E-state index is -0.801. The molecule has 3 N–H and O–H groups in total. The average Bonchev–Trinajstić information content (AvgIpc) is 3.28. The van der Waals surface area contributed by atoms with Crippen molar-refractivity contribution in [1.82, 2.24) is 5.32 Å². The molecular weight excluding hydrogens is 779 g/mol. The summed E-state index contributed by atoms with van der Waals surface area (Å²) in [6.07, 6.45) is 63.8. The molecule has 6 nitrogen and oxygen atoms in total. The van der Waals surface area contributed by atoms with Gasteiger partial charge in [0.1, 0.15) is 6.10 Å². The van der Waals surface area contributed by atoms with Crippen LogP contribution in [0.15, 0.2) is 72.9 Å². The highest BCUT2D eigenvalue weighted by Gasteiger charge is 2.24. The van der Waals surface area contributed by atoms with Gasteiger partial charge in [0.25, 0.3) is 0 Å². The molecule has 0 aliphatic carbocycles. The zero-order valence-electron chi connectivity index (χ0n) is 41.4. The van der Waals surface area contributed by atoms with Gasteiger partial charge in [0.15, 0.2) is 0 Å². The highest BCUT2D eigenvalue weighted by molar-refractivity contribution is 5.77. The van der Waals surface area contributed by atoms with Crippen molar-refractivity contribution >= 4 is 11.9 Å². The predicted octanol–water partition coefficient (Wildman–Crippen LogP) is 16.2. The first kappa shape index (κ1) is 60.3. The Bertz CT molecular complexity index is 1170. The van der Waals surface area contributed by atoms with E-state index in [1.54, 1.807) is 0 Å². The van der Waals surface area contributed by atoms with Gasteiger partial charge in [-0.05, 0) is 96.3 Å². The Labute approximate surface area is 390 Å². The van der Waals surface area contributed by atoms with Gasteiger partial charge in [-0.1, -0.05) is 216 Å². The van der Waals surface area contributed by atoms with E-state index in [0.717, 1.165) is 103 Å². The minimum Gasteiger partial charge on any atom is -0.462 e. The standard InChI is InChI=1S/C57H101NO5/c1-4-7-10-13-16-19-22-25-26-27-28-29-30-32-35-38-41-44-47-50-57(62)63-53(48-45-42-39-36-33-31-23-20-17-14-11-8-5-2)51-56(61)58-54(52-59)55(60)49-46-43-40-37-34-24-21-18-15-12-9-6-3/h16-17,19-20,23,25-26,28-29,31-32,35,53-55,59-60H,4-15,18,21-22,24,27,30,33-34,36-52H2,1-3H3,(H,58,61)/b19-16-,20-17+,26-25-,29-28-,31-23+,35-32-. The van der Waals surface area contributed by atoms with Crippen LogP contribution in [0.5, 0.6) is 0 Å². The number of hydrogen-bond acceptors (Lipinski definition) is 5. The summed E-state index contributed by atoms with van der Waals surface area (Å²) in [4.78, 5) is 26.2. The molecule has 63 heavy (non-hydrogen) atoms. The summed E-state index contributed by atoms with van der Waals surface area (Å²) in [5.74, 6) is -0.531. The first-order valence-corrected chi connectivity index (χ1v) is 26.7. The minimum absolute atomic E-state index is 0.0486. The average molecular weight is 880 g/mol. The van der Waals surface area contributed by atoms with Crippen molar-refractivity contribution in [3.8, 4) is 0 Å². The zero-order chi connectivity index (χ0) is 45.9. The van der Waals surface area contributed by atoms with Gasteiger partial charge < -0.3 is 20.3 Å². The van der Waals surface area contributed by atoms with Crippen molar-refractivity contribution in [2.45, 2.75) is 270 Å². The molecule has 0 aromatic heterocycles. The summed E-state index contributed by atoms with van der Waals surface area (Å²) in [5, 5.41) is 23.8. The lowest BCUT2D eigenvalue weighted by molar-refractivity contribution is -0.151. The van der Waals surface area contributed by atoms with E-state index in [2.05, 4.69) is 99.0 Å². The summed E-state index contributed by atoms with van der Waals surface area (Å²) in [6.45, 7) is 6.41. The van der Waals surface area contributed by atoms with Crippen molar-refractivity contribution in [1.29, 1.82) is 0 Å². The number of unbranched alkanes of at least 4 members (excludes halogenated alkanes) is 24. The van der Waals surface area contributed by atoms with E-state index in [1.807, 2.05) is 0 Å². The van der Waals surface area contributed by atoms with Gasteiger partial charge in [-0.25, -0.2) is 0 Å². The molecule has 0 saturated heterocycles. The molecule has 0 aliphatic rings. The normalized spacial score (nSPS) is 13.8. The molecule has 0 aliphatic heterocycles. The van der Waals surface area contributed by atoms with E-state index < -0.39 is 18.2 Å². The van der Waals surface area contributed by atoms with Gasteiger partial charge in [0.2, 0.25) is 5.91 Å². The number of rotatable bonds is 47. The Kier molecular flexibility index (Phi) is 48.1. The van der Waals surface area contributed by atoms with Crippen LogP contribution in [0.2, 0.25) is 0 Å². The highest BCUT2D eigenvalue weighted by atomic mass is 16.5. The van der Waals surface area contributed by atoms with Gasteiger partial charge in [-0.3, -0.25) is 9.59 Å². The van der Waals surface area contributed by atoms with Crippen LogP contribution in [-0.4, -0.2) is 46.9 Å². The summed E-state index contributed by atoms with van der Waals surface area (Å²) in [5.41, 5.74) is 0. The van der Waals surface area contributed by atoms with Crippen LogP contribution in [0.25, 0.3) is 0 Å².